The van der Waals surface area contributed by atoms with E-state index in [1.54, 1.807) is 29.1 Å². The van der Waals surface area contributed by atoms with Gasteiger partial charge in [0.15, 0.2) is 5.82 Å². The van der Waals surface area contributed by atoms with Gasteiger partial charge in [0, 0.05) is 0 Å². The minimum atomic E-state index is -0.948. The minimum absolute atomic E-state index is 0.131. The van der Waals surface area contributed by atoms with Crippen LogP contribution in [0.5, 0.6) is 0 Å². The number of nitrogens with zero attached hydrogens (tertiary/aromatic N) is 4. The maximum absolute atomic E-state index is 13.3. The zero-order valence-electron chi connectivity index (χ0n) is 13.6. The molecule has 0 fully saturated rings. The molecular formula is C17H13FN4O3S. The summed E-state index contributed by atoms with van der Waals surface area (Å²) in [7, 11) is 0. The number of benzene rings is 1. The molecule has 7 nitrogen and oxygen atoms in total. The average Bonchev–Trinajstić information content (AvgIpc) is 3.20. The van der Waals surface area contributed by atoms with Crippen molar-refractivity contribution in [2.75, 3.05) is 0 Å². The number of aliphatic carboxylic acids is 1. The molecule has 132 valence electrons. The van der Waals surface area contributed by atoms with E-state index in [1.807, 2.05) is 6.92 Å². The van der Waals surface area contributed by atoms with Crippen molar-refractivity contribution in [2.24, 2.45) is 5.10 Å². The van der Waals surface area contributed by atoms with Crippen molar-refractivity contribution in [1.29, 1.82) is 0 Å². The molecule has 9 heteroatoms. The Hall–Kier alpha value is -2.94. The van der Waals surface area contributed by atoms with Crippen LogP contribution in [0.15, 0.2) is 51.3 Å². The molecule has 2 aromatic heterocycles. The molecule has 0 aliphatic carbocycles. The van der Waals surface area contributed by atoms with Crippen LogP contribution in [0.4, 0.5) is 4.39 Å². The normalized spacial score (nSPS) is 16.2. The Bertz CT molecular complexity index is 1010. The van der Waals surface area contributed by atoms with Crippen molar-refractivity contribution >= 4 is 23.4 Å². The van der Waals surface area contributed by atoms with Gasteiger partial charge in [-0.3, -0.25) is 4.79 Å². The molecule has 0 saturated heterocycles. The lowest BCUT2D eigenvalue weighted by molar-refractivity contribution is -0.136. The van der Waals surface area contributed by atoms with E-state index >= 15 is 0 Å². The van der Waals surface area contributed by atoms with Crippen molar-refractivity contribution in [2.45, 2.75) is 23.8 Å². The number of carbonyl (C=O) groups is 1. The molecule has 1 aliphatic heterocycles. The zero-order chi connectivity index (χ0) is 18.3. The van der Waals surface area contributed by atoms with Gasteiger partial charge in [-0.1, -0.05) is 23.9 Å². The zero-order valence-corrected chi connectivity index (χ0v) is 14.4. The molecule has 1 aliphatic rings. The molecule has 0 saturated carbocycles. The summed E-state index contributed by atoms with van der Waals surface area (Å²) in [6.07, 6.45) is 1.42. The third-order valence-electron chi connectivity index (χ3n) is 3.97. The predicted octanol–water partition coefficient (Wildman–Crippen LogP) is 3.19. The summed E-state index contributed by atoms with van der Waals surface area (Å²) in [6.45, 7) is 1.81. The summed E-state index contributed by atoms with van der Waals surface area (Å²) in [4.78, 5) is 11.3. The van der Waals surface area contributed by atoms with Gasteiger partial charge in [0.1, 0.15) is 11.6 Å². The number of carboxylic acids is 1. The smallest absolute Gasteiger partial charge is 0.304 e. The van der Waals surface area contributed by atoms with Gasteiger partial charge in [0.25, 0.3) is 0 Å². The number of thioether (sulfide) groups is 1. The number of rotatable bonds is 4. The van der Waals surface area contributed by atoms with Crippen molar-refractivity contribution in [3.8, 4) is 11.4 Å². The largest absolute Gasteiger partial charge is 0.481 e. The van der Waals surface area contributed by atoms with Crippen molar-refractivity contribution < 1.29 is 18.7 Å². The number of aryl methyl sites for hydroxylation is 1. The fourth-order valence-electron chi connectivity index (χ4n) is 2.73. The molecule has 4 rings (SSSR count). The number of hydrogen-bond donors (Lipinski definition) is 1. The number of fused-ring (bicyclic) bond motifs is 1. The Kier molecular flexibility index (Phi) is 4.08. The number of aromatic nitrogens is 3. The van der Waals surface area contributed by atoms with E-state index < -0.39 is 11.2 Å². The summed E-state index contributed by atoms with van der Waals surface area (Å²) < 4.78 is 20.2. The molecule has 3 heterocycles. The molecule has 0 spiro atoms. The molecule has 1 atom stereocenters. The van der Waals surface area contributed by atoms with E-state index in [2.05, 4.69) is 15.3 Å². The molecule has 0 radical (unpaired) electrons. The highest BCUT2D eigenvalue weighted by molar-refractivity contribution is 8.00. The van der Waals surface area contributed by atoms with Gasteiger partial charge >= 0.3 is 5.97 Å². The summed E-state index contributed by atoms with van der Waals surface area (Å²) in [5.74, 6) is -0.132. The SMILES string of the molecule is Cc1occc1-c1nnc2n1N=C(c1ccc(F)cc1)C(CC(=O)O)S2. The van der Waals surface area contributed by atoms with E-state index in [0.29, 0.717) is 28.0 Å². The number of halogens is 1. The average molecular weight is 372 g/mol. The van der Waals surface area contributed by atoms with E-state index in [4.69, 9.17) is 4.42 Å². The van der Waals surface area contributed by atoms with Crippen LogP contribution in [-0.2, 0) is 4.79 Å². The first-order chi connectivity index (χ1) is 12.5. The molecule has 1 unspecified atom stereocenters. The first-order valence-corrected chi connectivity index (χ1v) is 8.64. The van der Waals surface area contributed by atoms with E-state index in [-0.39, 0.29) is 12.2 Å². The Morgan fingerprint density at radius 1 is 1.31 bits per heavy atom. The number of carboxylic acid groups (broad SMARTS) is 1. The second-order valence-electron chi connectivity index (χ2n) is 5.70. The highest BCUT2D eigenvalue weighted by Gasteiger charge is 2.31. The van der Waals surface area contributed by atoms with Crippen molar-refractivity contribution in [3.63, 3.8) is 0 Å². The van der Waals surface area contributed by atoms with E-state index in [0.717, 1.165) is 5.56 Å². The van der Waals surface area contributed by atoms with Gasteiger partial charge in [-0.15, -0.1) is 10.2 Å². The number of furan rings is 1. The predicted molar refractivity (Wildman–Crippen MR) is 92.7 cm³/mol. The first kappa shape index (κ1) is 16.5. The van der Waals surface area contributed by atoms with Crippen LogP contribution in [0, 0.1) is 12.7 Å². The minimum Gasteiger partial charge on any atom is -0.481 e. The van der Waals surface area contributed by atoms with Crippen LogP contribution in [0.3, 0.4) is 0 Å². The summed E-state index contributed by atoms with van der Waals surface area (Å²) >= 11 is 1.27. The second kappa shape index (κ2) is 6.41. The van der Waals surface area contributed by atoms with Gasteiger partial charge in [-0.05, 0) is 30.7 Å². The third kappa shape index (κ3) is 2.90. The second-order valence-corrected chi connectivity index (χ2v) is 6.87. The van der Waals surface area contributed by atoms with Gasteiger partial charge in [0.05, 0.1) is 29.2 Å². The third-order valence-corrected chi connectivity index (χ3v) is 5.11. The quantitative estimate of drug-likeness (QED) is 0.756. The highest BCUT2D eigenvalue weighted by Crippen LogP contribution is 2.35. The number of hydrogen-bond acceptors (Lipinski definition) is 6. The van der Waals surface area contributed by atoms with Crippen LogP contribution < -0.4 is 0 Å². The lowest BCUT2D eigenvalue weighted by atomic mass is 10.1. The molecule has 1 N–H and O–H groups in total. The fraction of sp³-hybridized carbons (Fsp3) is 0.176. The maximum Gasteiger partial charge on any atom is 0.304 e. The molecule has 0 bridgehead atoms. The topological polar surface area (TPSA) is 93.5 Å². The summed E-state index contributed by atoms with van der Waals surface area (Å²) in [6, 6.07) is 7.59. The molecule has 1 aromatic carbocycles. The standard InChI is InChI=1S/C17H13FN4O3S/c1-9-12(6-7-25-9)16-19-20-17-22(16)21-15(13(26-17)8-14(23)24)10-2-4-11(18)5-3-10/h2-7,13H,8H2,1H3,(H,23,24). The van der Waals surface area contributed by atoms with Crippen molar-refractivity contribution in [3.05, 3.63) is 53.7 Å². The van der Waals surface area contributed by atoms with Crippen LogP contribution in [-0.4, -0.2) is 36.9 Å². The molecule has 3 aromatic rings. The van der Waals surface area contributed by atoms with Gasteiger partial charge in [0.2, 0.25) is 5.16 Å². The Morgan fingerprint density at radius 2 is 2.08 bits per heavy atom. The van der Waals surface area contributed by atoms with E-state index in [1.165, 1.54) is 23.9 Å². The molecule has 0 amide bonds. The van der Waals surface area contributed by atoms with Crippen LogP contribution in [0.1, 0.15) is 17.7 Å². The summed E-state index contributed by atoms with van der Waals surface area (Å²) in [5, 5.41) is 22.2. The van der Waals surface area contributed by atoms with Crippen LogP contribution in [0.25, 0.3) is 11.4 Å². The molecule has 26 heavy (non-hydrogen) atoms. The fourth-order valence-corrected chi connectivity index (χ4v) is 3.82. The Balaban J connectivity index is 1.84. The first-order valence-electron chi connectivity index (χ1n) is 7.76. The van der Waals surface area contributed by atoms with E-state index in [9.17, 15) is 14.3 Å². The maximum atomic E-state index is 13.3. The monoisotopic (exact) mass is 372 g/mol. The van der Waals surface area contributed by atoms with Gasteiger partial charge < -0.3 is 9.52 Å². The lowest BCUT2D eigenvalue weighted by Crippen LogP contribution is -2.27. The van der Waals surface area contributed by atoms with Gasteiger partial charge in [-0.2, -0.15) is 9.78 Å². The Morgan fingerprint density at radius 3 is 2.73 bits per heavy atom. The Labute approximate surface area is 151 Å². The molecular weight excluding hydrogens is 359 g/mol. The van der Waals surface area contributed by atoms with Crippen LogP contribution in [0.2, 0.25) is 0 Å². The van der Waals surface area contributed by atoms with Crippen LogP contribution >= 0.6 is 11.8 Å². The highest BCUT2D eigenvalue weighted by atomic mass is 32.2. The van der Waals surface area contributed by atoms with Crippen molar-refractivity contribution in [1.82, 2.24) is 14.9 Å². The summed E-state index contributed by atoms with van der Waals surface area (Å²) in [5.41, 5.74) is 1.94. The lowest BCUT2D eigenvalue weighted by Gasteiger charge is -2.22. The van der Waals surface area contributed by atoms with Gasteiger partial charge in [-0.25, -0.2) is 4.39 Å².